The first-order valence-corrected chi connectivity index (χ1v) is 7.51. The second-order valence-corrected chi connectivity index (χ2v) is 6.52. The van der Waals surface area contributed by atoms with Crippen LogP contribution in [0.4, 0.5) is 0 Å². The molecule has 0 saturated heterocycles. The second kappa shape index (κ2) is 7.06. The van der Waals surface area contributed by atoms with Crippen molar-refractivity contribution in [3.8, 4) is 11.6 Å². The Morgan fingerprint density at radius 1 is 1.22 bits per heavy atom. The van der Waals surface area contributed by atoms with E-state index in [1.807, 2.05) is 20.8 Å². The molecule has 0 radical (unpaired) electrons. The molecule has 0 amide bonds. The summed E-state index contributed by atoms with van der Waals surface area (Å²) in [6.07, 6.45) is 0.731. The van der Waals surface area contributed by atoms with E-state index in [0.717, 1.165) is 12.0 Å². The zero-order valence-electron chi connectivity index (χ0n) is 13.6. The maximum atomic E-state index is 10.8. The third kappa shape index (κ3) is 4.50. The summed E-state index contributed by atoms with van der Waals surface area (Å²) < 4.78 is 10.9. The summed E-state index contributed by atoms with van der Waals surface area (Å²) in [7, 11) is 1.61. The highest BCUT2D eigenvalue weighted by molar-refractivity contribution is 6.32. The van der Waals surface area contributed by atoms with E-state index in [9.17, 15) is 4.79 Å². The summed E-state index contributed by atoms with van der Waals surface area (Å²) in [5, 5.41) is 0.346. The van der Waals surface area contributed by atoms with Crippen molar-refractivity contribution in [2.45, 2.75) is 32.8 Å². The molecule has 6 heteroatoms. The molecule has 1 aromatic heterocycles. The van der Waals surface area contributed by atoms with Gasteiger partial charge in [0.1, 0.15) is 17.9 Å². The normalized spacial score (nSPS) is 11.3. The minimum Gasteiger partial charge on any atom is -0.437 e. The predicted molar refractivity (Wildman–Crippen MR) is 88.4 cm³/mol. The predicted octanol–water partition coefficient (Wildman–Crippen LogP) is 4.18. The Balaban J connectivity index is 2.38. The Morgan fingerprint density at radius 2 is 1.96 bits per heavy atom. The largest absolute Gasteiger partial charge is 0.437 e. The highest BCUT2D eigenvalue weighted by Crippen LogP contribution is 2.30. The smallest absolute Gasteiger partial charge is 0.222 e. The molecular formula is C17H19ClN2O3. The average Bonchev–Trinajstić information content (AvgIpc) is 2.48. The number of hydrogen-bond donors (Lipinski definition) is 0. The van der Waals surface area contributed by atoms with Gasteiger partial charge in [0.05, 0.1) is 17.3 Å². The van der Waals surface area contributed by atoms with Crippen LogP contribution in [0.25, 0.3) is 0 Å². The number of halogens is 1. The number of rotatable bonds is 5. The van der Waals surface area contributed by atoms with Crippen LogP contribution in [0.2, 0.25) is 5.02 Å². The lowest BCUT2D eigenvalue weighted by molar-refractivity contribution is 0.112. The number of carbonyl (C=O) groups is 1. The van der Waals surface area contributed by atoms with E-state index in [0.29, 0.717) is 34.6 Å². The molecule has 0 saturated carbocycles. The molecule has 0 atom stereocenters. The number of ether oxygens (including phenoxy) is 2. The molecule has 0 aliphatic heterocycles. The lowest BCUT2D eigenvalue weighted by atomic mass is 9.95. The van der Waals surface area contributed by atoms with E-state index in [1.54, 1.807) is 31.4 Å². The first kappa shape index (κ1) is 17.4. The van der Waals surface area contributed by atoms with Gasteiger partial charge in [-0.05, 0) is 18.2 Å². The van der Waals surface area contributed by atoms with Crippen LogP contribution in [0.3, 0.4) is 0 Å². The second-order valence-electron chi connectivity index (χ2n) is 6.11. The van der Waals surface area contributed by atoms with Crippen molar-refractivity contribution in [1.29, 1.82) is 0 Å². The molecule has 0 spiro atoms. The van der Waals surface area contributed by atoms with Crippen molar-refractivity contribution in [3.63, 3.8) is 0 Å². The number of aldehydes is 1. The zero-order chi connectivity index (χ0) is 17.0. The van der Waals surface area contributed by atoms with Crippen LogP contribution >= 0.6 is 11.6 Å². The van der Waals surface area contributed by atoms with Gasteiger partial charge >= 0.3 is 0 Å². The molecule has 122 valence electrons. The van der Waals surface area contributed by atoms with Crippen LogP contribution in [0.5, 0.6) is 11.6 Å². The van der Waals surface area contributed by atoms with Crippen molar-refractivity contribution >= 4 is 17.9 Å². The summed E-state index contributed by atoms with van der Waals surface area (Å²) in [6, 6.07) is 6.53. The van der Waals surface area contributed by atoms with Gasteiger partial charge in [0, 0.05) is 24.2 Å². The molecular weight excluding hydrogens is 316 g/mol. The Hall–Kier alpha value is -1.98. The molecule has 5 nitrogen and oxygen atoms in total. The summed E-state index contributed by atoms with van der Waals surface area (Å²) in [5.41, 5.74) is 0.982. The van der Waals surface area contributed by atoms with Gasteiger partial charge < -0.3 is 9.47 Å². The maximum Gasteiger partial charge on any atom is 0.222 e. The number of aromatic nitrogens is 2. The summed E-state index contributed by atoms with van der Waals surface area (Å²) >= 11 is 6.14. The zero-order valence-corrected chi connectivity index (χ0v) is 14.3. The van der Waals surface area contributed by atoms with Gasteiger partial charge in [-0.15, -0.1) is 0 Å². The third-order valence-electron chi connectivity index (χ3n) is 3.03. The molecule has 23 heavy (non-hydrogen) atoms. The Bertz CT molecular complexity index is 711. The average molecular weight is 335 g/mol. The Morgan fingerprint density at radius 3 is 2.52 bits per heavy atom. The number of nitrogens with zero attached hydrogens (tertiary/aromatic N) is 2. The maximum absolute atomic E-state index is 10.8. The van der Waals surface area contributed by atoms with Gasteiger partial charge in [-0.1, -0.05) is 32.4 Å². The molecule has 0 N–H and O–H groups in total. The van der Waals surface area contributed by atoms with Crippen LogP contribution in [-0.2, 0) is 16.8 Å². The molecule has 0 unspecified atom stereocenters. The third-order valence-corrected chi connectivity index (χ3v) is 3.32. The standard InChI is InChI=1S/C17H19ClN2O3/c1-17(2,3)16-19-12(10-22-4)8-15(20-16)23-14-6-5-11(9-21)7-13(14)18/h5-9H,10H2,1-4H3. The van der Waals surface area contributed by atoms with E-state index >= 15 is 0 Å². The fourth-order valence-corrected chi connectivity index (χ4v) is 2.10. The molecule has 0 aliphatic rings. The summed E-state index contributed by atoms with van der Waals surface area (Å²) in [6.45, 7) is 6.43. The SMILES string of the molecule is COCc1cc(Oc2ccc(C=O)cc2Cl)nc(C(C)(C)C)n1. The van der Waals surface area contributed by atoms with E-state index < -0.39 is 0 Å². The van der Waals surface area contributed by atoms with E-state index in [2.05, 4.69) is 9.97 Å². The molecule has 2 aromatic rings. The van der Waals surface area contributed by atoms with Crippen LogP contribution < -0.4 is 4.74 Å². The Labute approximate surface area is 140 Å². The first-order valence-electron chi connectivity index (χ1n) is 7.13. The van der Waals surface area contributed by atoms with E-state index in [4.69, 9.17) is 21.1 Å². The Kier molecular flexibility index (Phi) is 5.34. The summed E-state index contributed by atoms with van der Waals surface area (Å²) in [4.78, 5) is 19.7. The van der Waals surface area contributed by atoms with Crippen molar-refractivity contribution in [2.24, 2.45) is 0 Å². The molecule has 2 rings (SSSR count). The quantitative estimate of drug-likeness (QED) is 0.768. The van der Waals surface area contributed by atoms with Gasteiger partial charge in [0.25, 0.3) is 0 Å². The van der Waals surface area contributed by atoms with Crippen LogP contribution in [-0.4, -0.2) is 23.4 Å². The van der Waals surface area contributed by atoms with Gasteiger partial charge in [-0.25, -0.2) is 4.98 Å². The highest BCUT2D eigenvalue weighted by Gasteiger charge is 2.20. The lowest BCUT2D eigenvalue weighted by Gasteiger charge is -2.18. The van der Waals surface area contributed by atoms with Crippen LogP contribution in [0.1, 0.15) is 42.6 Å². The van der Waals surface area contributed by atoms with Crippen LogP contribution in [0, 0.1) is 0 Å². The minimum absolute atomic E-state index is 0.229. The van der Waals surface area contributed by atoms with Crippen molar-refractivity contribution in [3.05, 3.63) is 46.4 Å². The molecule has 1 heterocycles. The van der Waals surface area contributed by atoms with Gasteiger partial charge in [0.15, 0.2) is 0 Å². The first-order chi connectivity index (χ1) is 10.8. The monoisotopic (exact) mass is 334 g/mol. The fraction of sp³-hybridized carbons (Fsp3) is 0.353. The topological polar surface area (TPSA) is 61.3 Å². The highest BCUT2D eigenvalue weighted by atomic mass is 35.5. The minimum atomic E-state index is -0.229. The fourth-order valence-electron chi connectivity index (χ4n) is 1.87. The van der Waals surface area contributed by atoms with Gasteiger partial charge in [-0.3, -0.25) is 4.79 Å². The lowest BCUT2D eigenvalue weighted by Crippen LogP contribution is -2.17. The summed E-state index contributed by atoms with van der Waals surface area (Å²) in [5.74, 6) is 1.47. The van der Waals surface area contributed by atoms with Gasteiger partial charge in [0.2, 0.25) is 5.88 Å². The van der Waals surface area contributed by atoms with E-state index in [1.165, 1.54) is 0 Å². The molecule has 0 fully saturated rings. The van der Waals surface area contributed by atoms with Crippen molar-refractivity contribution < 1.29 is 14.3 Å². The van der Waals surface area contributed by atoms with Crippen molar-refractivity contribution in [2.75, 3.05) is 7.11 Å². The number of carbonyl (C=O) groups excluding carboxylic acids is 1. The molecule has 0 aliphatic carbocycles. The molecule has 1 aromatic carbocycles. The molecule has 0 bridgehead atoms. The van der Waals surface area contributed by atoms with E-state index in [-0.39, 0.29) is 5.41 Å². The van der Waals surface area contributed by atoms with Gasteiger partial charge in [-0.2, -0.15) is 4.98 Å². The number of hydrogen-bond acceptors (Lipinski definition) is 5. The number of benzene rings is 1. The van der Waals surface area contributed by atoms with Crippen LogP contribution in [0.15, 0.2) is 24.3 Å². The number of methoxy groups -OCH3 is 1. The van der Waals surface area contributed by atoms with Crippen molar-refractivity contribution in [1.82, 2.24) is 9.97 Å².